The van der Waals surface area contributed by atoms with Crippen LogP contribution in [0, 0.1) is 10.8 Å². The van der Waals surface area contributed by atoms with Gasteiger partial charge in [0.15, 0.2) is 11.6 Å². The molecule has 1 fully saturated rings. The molecule has 0 radical (unpaired) electrons. The predicted molar refractivity (Wildman–Crippen MR) is 82.0 cm³/mol. The van der Waals surface area contributed by atoms with Crippen molar-refractivity contribution in [2.45, 2.75) is 46.0 Å². The number of hydrogen-bond acceptors (Lipinski definition) is 5. The number of carbonyl (C=O) groups is 1. The largest absolute Gasteiger partial charge is 0.381 e. The lowest BCUT2D eigenvalue weighted by Crippen LogP contribution is -2.44. The third kappa shape index (κ3) is 1.98. The zero-order chi connectivity index (χ0) is 15.4. The Kier molecular flexibility index (Phi) is 3.05. The fourth-order valence-corrected chi connectivity index (χ4v) is 4.57. The molecule has 3 aliphatic heterocycles. The standard InChI is InChI=1S/C17H23N3O2/c1-16(2)8-12-14(13(21)9-16)17(4-3-6-22-7-5-17)11-10-18-20-15(11)19-12/h19H,3-10H2,1-2H3/t17-/m0/s1. The Bertz CT molecular complexity index is 620. The van der Waals surface area contributed by atoms with E-state index in [1.54, 1.807) is 0 Å². The number of Topliss-reactive ketones (excluding diaryl/α,β-unsaturated/α-hetero) is 1. The fraction of sp³-hybridized carbons (Fsp3) is 0.706. The van der Waals surface area contributed by atoms with Crippen LogP contribution in [-0.2, 0) is 9.53 Å². The van der Waals surface area contributed by atoms with Gasteiger partial charge in [0.2, 0.25) is 0 Å². The molecule has 0 saturated carbocycles. The molecule has 0 unspecified atom stereocenters. The first kappa shape index (κ1) is 14.1. The molecule has 4 aliphatic rings. The summed E-state index contributed by atoms with van der Waals surface area (Å²) in [5.74, 6) is 1.20. The van der Waals surface area contributed by atoms with Gasteiger partial charge in [0.05, 0.1) is 6.54 Å². The maximum atomic E-state index is 13.0. The van der Waals surface area contributed by atoms with Gasteiger partial charge in [-0.3, -0.25) is 4.79 Å². The highest BCUT2D eigenvalue weighted by Crippen LogP contribution is 2.54. The number of nitrogens with zero attached hydrogens (tertiary/aromatic N) is 2. The third-order valence-corrected chi connectivity index (χ3v) is 5.45. The van der Waals surface area contributed by atoms with Gasteiger partial charge in [0.25, 0.3) is 0 Å². The maximum Gasteiger partial charge on any atom is 0.162 e. The first-order chi connectivity index (χ1) is 10.5. The van der Waals surface area contributed by atoms with Crippen LogP contribution in [0.5, 0.6) is 0 Å². The second-order valence-electron chi connectivity index (χ2n) is 7.69. The van der Waals surface area contributed by atoms with Gasteiger partial charge in [-0.15, -0.1) is 5.11 Å². The van der Waals surface area contributed by atoms with Gasteiger partial charge in [0, 0.05) is 41.9 Å². The first-order valence-electron chi connectivity index (χ1n) is 8.25. The number of ether oxygens (including phenoxy) is 1. The maximum absolute atomic E-state index is 13.0. The van der Waals surface area contributed by atoms with Gasteiger partial charge in [-0.05, 0) is 31.1 Å². The highest BCUT2D eigenvalue weighted by Gasteiger charge is 2.51. The first-order valence-corrected chi connectivity index (χ1v) is 8.25. The van der Waals surface area contributed by atoms with Gasteiger partial charge >= 0.3 is 0 Å². The number of allylic oxidation sites excluding steroid dienone is 2. The van der Waals surface area contributed by atoms with Crippen molar-refractivity contribution in [3.05, 3.63) is 22.7 Å². The average Bonchev–Trinajstić information content (AvgIpc) is 2.77. The van der Waals surface area contributed by atoms with Crippen LogP contribution in [0.3, 0.4) is 0 Å². The van der Waals surface area contributed by atoms with E-state index in [0.717, 1.165) is 49.4 Å². The minimum atomic E-state index is -0.191. The van der Waals surface area contributed by atoms with Crippen LogP contribution in [-0.4, -0.2) is 25.5 Å². The molecule has 0 aromatic rings. The van der Waals surface area contributed by atoms with Gasteiger partial charge in [0.1, 0.15) is 0 Å². The summed E-state index contributed by atoms with van der Waals surface area (Å²) in [6.45, 7) is 6.45. The van der Waals surface area contributed by atoms with Crippen LogP contribution < -0.4 is 5.32 Å². The van der Waals surface area contributed by atoms with Crippen LogP contribution in [0.25, 0.3) is 0 Å². The summed E-state index contributed by atoms with van der Waals surface area (Å²) in [5.41, 5.74) is 3.14. The number of nitrogens with one attached hydrogen (secondary N) is 1. The van der Waals surface area contributed by atoms with Crippen LogP contribution >= 0.6 is 0 Å². The molecular weight excluding hydrogens is 278 g/mol. The lowest BCUT2D eigenvalue weighted by Gasteiger charge is -2.45. The Hall–Kier alpha value is -1.49. The van der Waals surface area contributed by atoms with Gasteiger partial charge < -0.3 is 10.1 Å². The second kappa shape index (κ2) is 4.75. The zero-order valence-electron chi connectivity index (χ0n) is 13.4. The number of fused-ring (bicyclic) bond motifs is 2. The molecule has 0 aromatic carbocycles. The highest BCUT2D eigenvalue weighted by molar-refractivity contribution is 6.00. The number of dihydropyridines is 1. The molecule has 1 N–H and O–H groups in total. The van der Waals surface area contributed by atoms with E-state index in [0.29, 0.717) is 25.4 Å². The summed E-state index contributed by atoms with van der Waals surface area (Å²) in [6.07, 6.45) is 4.38. The number of azo groups is 1. The number of rotatable bonds is 0. The molecule has 22 heavy (non-hydrogen) atoms. The molecule has 3 heterocycles. The number of hydrogen-bond donors (Lipinski definition) is 1. The van der Waals surface area contributed by atoms with Crippen LogP contribution in [0.1, 0.15) is 46.0 Å². The lowest BCUT2D eigenvalue weighted by molar-refractivity contribution is -0.119. The summed E-state index contributed by atoms with van der Waals surface area (Å²) >= 11 is 0. The Morgan fingerprint density at radius 3 is 2.91 bits per heavy atom. The minimum absolute atomic E-state index is 0.0130. The Morgan fingerprint density at radius 1 is 1.18 bits per heavy atom. The second-order valence-corrected chi connectivity index (χ2v) is 7.69. The lowest BCUT2D eigenvalue weighted by atomic mass is 9.60. The van der Waals surface area contributed by atoms with Crippen molar-refractivity contribution < 1.29 is 9.53 Å². The topological polar surface area (TPSA) is 63.0 Å². The van der Waals surface area contributed by atoms with E-state index in [-0.39, 0.29) is 10.8 Å². The summed E-state index contributed by atoms with van der Waals surface area (Å²) in [6, 6.07) is 0. The van der Waals surface area contributed by atoms with Crippen molar-refractivity contribution in [2.75, 3.05) is 19.8 Å². The van der Waals surface area contributed by atoms with E-state index in [2.05, 4.69) is 29.4 Å². The molecule has 1 aliphatic carbocycles. The SMILES string of the molecule is CC1(C)CC(=O)C2=C(C1)NC1=C(CN=N1)[C@@]21CCCOCC1. The normalized spacial score (nSPS) is 33.6. The minimum Gasteiger partial charge on any atom is -0.381 e. The molecule has 118 valence electrons. The van der Waals surface area contributed by atoms with Crippen molar-refractivity contribution in [3.63, 3.8) is 0 Å². The van der Waals surface area contributed by atoms with Crippen molar-refractivity contribution in [2.24, 2.45) is 21.1 Å². The average molecular weight is 301 g/mol. The summed E-state index contributed by atoms with van der Waals surface area (Å²) in [5, 5.41) is 12.0. The Balaban J connectivity index is 1.86. The molecule has 0 bridgehead atoms. The monoisotopic (exact) mass is 301 g/mol. The molecule has 1 saturated heterocycles. The van der Waals surface area contributed by atoms with Crippen molar-refractivity contribution in [1.29, 1.82) is 0 Å². The summed E-state index contributed by atoms with van der Waals surface area (Å²) in [4.78, 5) is 13.0. The highest BCUT2D eigenvalue weighted by atomic mass is 16.5. The van der Waals surface area contributed by atoms with Gasteiger partial charge in [-0.2, -0.15) is 5.11 Å². The molecule has 0 amide bonds. The smallest absolute Gasteiger partial charge is 0.162 e. The fourth-order valence-electron chi connectivity index (χ4n) is 4.57. The van der Waals surface area contributed by atoms with E-state index in [1.807, 2.05) is 0 Å². The predicted octanol–water partition coefficient (Wildman–Crippen LogP) is 3.10. The quantitative estimate of drug-likeness (QED) is 0.748. The van der Waals surface area contributed by atoms with Gasteiger partial charge in [-0.1, -0.05) is 13.8 Å². The molecule has 4 rings (SSSR count). The number of carbonyl (C=O) groups excluding carboxylic acids is 1. The van der Waals surface area contributed by atoms with E-state index in [4.69, 9.17) is 4.74 Å². The Morgan fingerprint density at radius 2 is 2.05 bits per heavy atom. The summed E-state index contributed by atoms with van der Waals surface area (Å²) < 4.78 is 5.69. The van der Waals surface area contributed by atoms with Crippen molar-refractivity contribution >= 4 is 5.78 Å². The molecular formula is C17H23N3O2. The molecule has 1 atom stereocenters. The summed E-state index contributed by atoms with van der Waals surface area (Å²) in [7, 11) is 0. The van der Waals surface area contributed by atoms with Crippen molar-refractivity contribution in [3.8, 4) is 0 Å². The van der Waals surface area contributed by atoms with Crippen LogP contribution in [0.4, 0.5) is 0 Å². The van der Waals surface area contributed by atoms with E-state index >= 15 is 0 Å². The number of ketones is 1. The molecule has 5 nitrogen and oxygen atoms in total. The molecule has 1 spiro atoms. The van der Waals surface area contributed by atoms with Crippen molar-refractivity contribution in [1.82, 2.24) is 5.32 Å². The van der Waals surface area contributed by atoms with E-state index in [1.165, 1.54) is 5.57 Å². The van der Waals surface area contributed by atoms with E-state index < -0.39 is 0 Å². The van der Waals surface area contributed by atoms with Crippen LogP contribution in [0.15, 0.2) is 32.9 Å². The van der Waals surface area contributed by atoms with Gasteiger partial charge in [-0.25, -0.2) is 0 Å². The third-order valence-electron chi connectivity index (χ3n) is 5.45. The molecule has 0 aromatic heterocycles. The zero-order valence-corrected chi connectivity index (χ0v) is 13.4. The van der Waals surface area contributed by atoms with E-state index in [9.17, 15) is 4.79 Å². The Labute approximate surface area is 130 Å². The van der Waals surface area contributed by atoms with Crippen LogP contribution in [0.2, 0.25) is 0 Å². The molecule has 5 heteroatoms.